The average molecular weight is 449 g/mol. The fourth-order valence-corrected chi connectivity index (χ4v) is 4.80. The van der Waals surface area contributed by atoms with Gasteiger partial charge in [0.2, 0.25) is 15.9 Å². The summed E-state index contributed by atoms with van der Waals surface area (Å²) in [7, 11) is -3.62. The van der Waals surface area contributed by atoms with Crippen LogP contribution < -0.4 is 5.32 Å². The summed E-state index contributed by atoms with van der Waals surface area (Å²) >= 11 is 0. The van der Waals surface area contributed by atoms with E-state index in [1.807, 2.05) is 5.32 Å². The molecule has 1 N–H and O–H groups in total. The molecule has 1 saturated heterocycles. The summed E-state index contributed by atoms with van der Waals surface area (Å²) in [6, 6.07) is 5.66. The normalized spacial score (nSPS) is 16.0. The van der Waals surface area contributed by atoms with Gasteiger partial charge in [-0.3, -0.25) is 9.59 Å². The number of nitrogens with one attached hydrogen (secondary N) is 1. The molecule has 0 spiro atoms. The van der Waals surface area contributed by atoms with Crippen LogP contribution in [-0.4, -0.2) is 68.3 Å². The number of hydrogen-bond acceptors (Lipinski definition) is 4. The van der Waals surface area contributed by atoms with Crippen molar-refractivity contribution in [3.05, 3.63) is 29.8 Å². The number of carbonyl (C=O) groups excluding carboxylic acids is 2. The summed E-state index contributed by atoms with van der Waals surface area (Å²) < 4.78 is 63.0. The monoisotopic (exact) mass is 449 g/mol. The van der Waals surface area contributed by atoms with Gasteiger partial charge >= 0.3 is 6.18 Å². The number of hydrogen-bond donors (Lipinski definition) is 1. The highest BCUT2D eigenvalue weighted by molar-refractivity contribution is 7.89. The Kier molecular flexibility index (Phi) is 7.87. The van der Waals surface area contributed by atoms with Crippen LogP contribution >= 0.6 is 0 Å². The van der Waals surface area contributed by atoms with Gasteiger partial charge in [-0.05, 0) is 37.1 Å². The number of nitrogens with zero attached hydrogens (tertiary/aromatic N) is 2. The van der Waals surface area contributed by atoms with E-state index in [1.165, 1.54) is 33.5 Å². The van der Waals surface area contributed by atoms with Gasteiger partial charge in [0, 0.05) is 37.7 Å². The Balaban J connectivity index is 1.96. The molecule has 2 amide bonds. The van der Waals surface area contributed by atoms with Crippen molar-refractivity contribution < 1.29 is 31.2 Å². The van der Waals surface area contributed by atoms with Gasteiger partial charge in [0.25, 0.3) is 5.91 Å². The Morgan fingerprint density at radius 3 is 2.10 bits per heavy atom. The molecule has 168 valence electrons. The molecule has 1 fully saturated rings. The quantitative estimate of drug-likeness (QED) is 0.692. The molecule has 7 nitrogen and oxygen atoms in total. The maximum atomic E-state index is 12.7. The zero-order valence-electron chi connectivity index (χ0n) is 16.9. The molecule has 30 heavy (non-hydrogen) atoms. The smallest absolute Gasteiger partial charge is 0.347 e. The van der Waals surface area contributed by atoms with Crippen LogP contribution in [0.15, 0.2) is 29.2 Å². The van der Waals surface area contributed by atoms with Gasteiger partial charge in [-0.2, -0.15) is 17.5 Å². The first-order chi connectivity index (χ1) is 14.0. The molecule has 11 heteroatoms. The number of benzene rings is 1. The van der Waals surface area contributed by atoms with E-state index in [-0.39, 0.29) is 36.7 Å². The second kappa shape index (κ2) is 9.78. The summed E-state index contributed by atoms with van der Waals surface area (Å²) in [5.41, 5.74) is 0.313. The maximum absolute atomic E-state index is 12.7. The van der Waals surface area contributed by atoms with Crippen LogP contribution in [0.5, 0.6) is 0 Å². The largest absolute Gasteiger partial charge is 0.405 e. The number of rotatable bonds is 7. The first-order valence-electron chi connectivity index (χ1n) is 9.73. The number of amides is 2. The molecule has 2 rings (SSSR count). The fourth-order valence-electron chi connectivity index (χ4n) is 3.34. The number of halogens is 3. The number of sulfonamides is 1. The lowest BCUT2D eigenvalue weighted by atomic mass is 9.95. The molecule has 0 aromatic heterocycles. The minimum Gasteiger partial charge on any atom is -0.347 e. The zero-order chi connectivity index (χ0) is 22.5. The van der Waals surface area contributed by atoms with Gasteiger partial charge in [-0.1, -0.05) is 13.8 Å². The molecule has 0 unspecified atom stereocenters. The Morgan fingerprint density at radius 1 is 1.10 bits per heavy atom. The highest BCUT2D eigenvalue weighted by Crippen LogP contribution is 2.22. The topological polar surface area (TPSA) is 86.8 Å². The van der Waals surface area contributed by atoms with Crippen LogP contribution in [0.2, 0.25) is 0 Å². The summed E-state index contributed by atoms with van der Waals surface area (Å²) in [5.74, 6) is -1.54. The molecule has 0 atom stereocenters. The fraction of sp³-hybridized carbons (Fsp3) is 0.579. The van der Waals surface area contributed by atoms with Crippen molar-refractivity contribution in [2.24, 2.45) is 5.92 Å². The third-order valence-corrected chi connectivity index (χ3v) is 7.12. The molecule has 0 saturated carbocycles. The predicted octanol–water partition coefficient (Wildman–Crippen LogP) is 2.25. The number of likely N-dealkylation sites (tertiary alicyclic amines) is 1. The lowest BCUT2D eigenvalue weighted by Gasteiger charge is -2.31. The molecule has 0 aliphatic carbocycles. The number of alkyl halides is 3. The Hall–Kier alpha value is -2.14. The third-order valence-electron chi connectivity index (χ3n) is 5.06. The summed E-state index contributed by atoms with van der Waals surface area (Å²) in [6.07, 6.45) is -3.93. The van der Waals surface area contributed by atoms with Crippen LogP contribution in [0.25, 0.3) is 0 Å². The minimum absolute atomic E-state index is 0.0998. The van der Waals surface area contributed by atoms with E-state index in [2.05, 4.69) is 0 Å². The van der Waals surface area contributed by atoms with Crippen molar-refractivity contribution in [1.82, 2.24) is 14.5 Å². The first kappa shape index (κ1) is 24.1. The SMILES string of the molecule is CCN(CC)S(=O)(=O)c1ccc(C(=O)N2CCC(C(=O)NCC(F)(F)F)CC2)cc1. The van der Waals surface area contributed by atoms with Gasteiger partial charge < -0.3 is 10.2 Å². The van der Waals surface area contributed by atoms with Gasteiger partial charge in [-0.25, -0.2) is 8.42 Å². The van der Waals surface area contributed by atoms with Gasteiger partial charge in [-0.15, -0.1) is 0 Å². The highest BCUT2D eigenvalue weighted by atomic mass is 32.2. The maximum Gasteiger partial charge on any atom is 0.405 e. The molecule has 1 aliphatic rings. The van der Waals surface area contributed by atoms with Crippen molar-refractivity contribution >= 4 is 21.8 Å². The van der Waals surface area contributed by atoms with Crippen LogP contribution in [0, 0.1) is 5.92 Å². The lowest BCUT2D eigenvalue weighted by molar-refractivity contribution is -0.141. The van der Waals surface area contributed by atoms with Crippen molar-refractivity contribution in [2.45, 2.75) is 37.8 Å². The second-order valence-electron chi connectivity index (χ2n) is 7.01. The molecule has 0 bridgehead atoms. The van der Waals surface area contributed by atoms with E-state index in [0.29, 0.717) is 18.7 Å². The summed E-state index contributed by atoms with van der Waals surface area (Å²) in [6.45, 7) is 3.27. The van der Waals surface area contributed by atoms with Crippen molar-refractivity contribution in [1.29, 1.82) is 0 Å². The highest BCUT2D eigenvalue weighted by Gasteiger charge is 2.32. The van der Waals surface area contributed by atoms with Gasteiger partial charge in [0.1, 0.15) is 6.54 Å². The van der Waals surface area contributed by atoms with E-state index >= 15 is 0 Å². The van der Waals surface area contributed by atoms with Crippen molar-refractivity contribution in [3.63, 3.8) is 0 Å². The standard InChI is InChI=1S/C19H26F3N3O4S/c1-3-25(4-2)30(28,29)16-7-5-15(6-8-16)18(27)24-11-9-14(10-12-24)17(26)23-13-19(20,21)22/h5-8,14H,3-4,9-13H2,1-2H3,(H,23,26). The van der Waals surface area contributed by atoms with Crippen LogP contribution in [0.1, 0.15) is 37.0 Å². The third kappa shape index (κ3) is 5.94. The molecular formula is C19H26F3N3O4S. The van der Waals surface area contributed by atoms with Crippen molar-refractivity contribution in [3.8, 4) is 0 Å². The van der Waals surface area contributed by atoms with Crippen LogP contribution in [0.4, 0.5) is 13.2 Å². The first-order valence-corrected chi connectivity index (χ1v) is 11.2. The van der Waals surface area contributed by atoms with E-state index in [9.17, 15) is 31.2 Å². The molecule has 1 aromatic carbocycles. The lowest BCUT2D eigenvalue weighted by Crippen LogP contribution is -2.44. The molecule has 1 heterocycles. The van der Waals surface area contributed by atoms with E-state index < -0.39 is 34.6 Å². The average Bonchev–Trinajstić information content (AvgIpc) is 2.72. The van der Waals surface area contributed by atoms with E-state index in [0.717, 1.165) is 0 Å². The Labute approximate surface area is 174 Å². The molecular weight excluding hydrogens is 423 g/mol. The van der Waals surface area contributed by atoms with E-state index in [1.54, 1.807) is 13.8 Å². The minimum atomic E-state index is -4.46. The van der Waals surface area contributed by atoms with Crippen LogP contribution in [-0.2, 0) is 14.8 Å². The summed E-state index contributed by atoms with van der Waals surface area (Å²) in [4.78, 5) is 26.1. The molecule has 1 aliphatic heterocycles. The van der Waals surface area contributed by atoms with Gasteiger partial charge in [0.05, 0.1) is 4.90 Å². The van der Waals surface area contributed by atoms with Gasteiger partial charge in [0.15, 0.2) is 0 Å². The molecule has 0 radical (unpaired) electrons. The zero-order valence-corrected chi connectivity index (χ0v) is 17.7. The number of carbonyl (C=O) groups is 2. The molecule has 1 aromatic rings. The Bertz CT molecular complexity index is 845. The predicted molar refractivity (Wildman–Crippen MR) is 104 cm³/mol. The van der Waals surface area contributed by atoms with E-state index in [4.69, 9.17) is 0 Å². The van der Waals surface area contributed by atoms with Crippen LogP contribution in [0.3, 0.4) is 0 Å². The van der Waals surface area contributed by atoms with Crippen molar-refractivity contribution in [2.75, 3.05) is 32.7 Å². The Morgan fingerprint density at radius 2 is 1.63 bits per heavy atom. The summed E-state index contributed by atoms with van der Waals surface area (Å²) in [5, 5.41) is 1.88. The number of piperidine rings is 1. The second-order valence-corrected chi connectivity index (χ2v) is 8.95.